The van der Waals surface area contributed by atoms with Gasteiger partial charge in [0.25, 0.3) is 5.89 Å². The number of anilines is 2. The molecule has 27 heavy (non-hydrogen) atoms. The van der Waals surface area contributed by atoms with Crippen molar-refractivity contribution >= 4 is 17.4 Å². The number of nitrogens with zero attached hydrogens (tertiary/aromatic N) is 3. The fraction of sp³-hybridized carbons (Fsp3) is 0.368. The van der Waals surface area contributed by atoms with E-state index in [1.54, 1.807) is 0 Å². The first kappa shape index (κ1) is 17.3. The Balaban J connectivity index is 1.52. The van der Waals surface area contributed by atoms with Crippen LogP contribution in [0, 0.1) is 13.8 Å². The summed E-state index contributed by atoms with van der Waals surface area (Å²) in [6.45, 7) is 5.70. The minimum atomic E-state index is -0.344. The summed E-state index contributed by atoms with van der Waals surface area (Å²) < 4.78 is 10.6. The third-order valence-electron chi connectivity index (χ3n) is 4.59. The van der Waals surface area contributed by atoms with Crippen molar-refractivity contribution in [1.29, 1.82) is 0 Å². The van der Waals surface area contributed by atoms with Crippen LogP contribution in [0.2, 0.25) is 0 Å². The van der Waals surface area contributed by atoms with Gasteiger partial charge >= 0.3 is 6.03 Å². The SMILES string of the molecule is CCc1noc(-c2ccc(C)c(NC(=O)Nc3c(C)noc3C3CC3)c2)n1. The van der Waals surface area contributed by atoms with Crippen molar-refractivity contribution < 1.29 is 13.8 Å². The van der Waals surface area contributed by atoms with Crippen LogP contribution >= 0.6 is 0 Å². The van der Waals surface area contributed by atoms with E-state index in [1.807, 2.05) is 39.0 Å². The van der Waals surface area contributed by atoms with Crippen LogP contribution in [0.15, 0.2) is 27.2 Å². The molecule has 3 aromatic rings. The van der Waals surface area contributed by atoms with Gasteiger partial charge in [-0.2, -0.15) is 4.98 Å². The molecule has 2 heterocycles. The second-order valence-corrected chi connectivity index (χ2v) is 6.76. The zero-order valence-corrected chi connectivity index (χ0v) is 15.5. The van der Waals surface area contributed by atoms with Crippen LogP contribution < -0.4 is 10.6 Å². The molecule has 0 spiro atoms. The number of aromatic nitrogens is 3. The maximum Gasteiger partial charge on any atom is 0.323 e. The average Bonchev–Trinajstić information content (AvgIpc) is 3.27. The lowest BCUT2D eigenvalue weighted by molar-refractivity contribution is 0.262. The first-order chi connectivity index (χ1) is 13.0. The van der Waals surface area contributed by atoms with Gasteiger partial charge in [0.15, 0.2) is 11.6 Å². The van der Waals surface area contributed by atoms with Gasteiger partial charge in [-0.1, -0.05) is 23.3 Å². The molecule has 8 heteroatoms. The molecule has 1 aliphatic rings. The molecule has 1 aliphatic carbocycles. The lowest BCUT2D eigenvalue weighted by atomic mass is 10.1. The van der Waals surface area contributed by atoms with E-state index in [1.165, 1.54) is 0 Å². The molecular weight excluding hydrogens is 346 g/mol. The number of hydrogen-bond acceptors (Lipinski definition) is 6. The van der Waals surface area contributed by atoms with Crippen LogP contribution in [0.3, 0.4) is 0 Å². The van der Waals surface area contributed by atoms with Gasteiger partial charge in [0.1, 0.15) is 11.4 Å². The van der Waals surface area contributed by atoms with Gasteiger partial charge in [0.2, 0.25) is 0 Å². The van der Waals surface area contributed by atoms with Crippen LogP contribution in [0.4, 0.5) is 16.2 Å². The molecule has 1 aromatic carbocycles. The van der Waals surface area contributed by atoms with Crippen LogP contribution in [0.1, 0.15) is 48.5 Å². The third-order valence-corrected chi connectivity index (χ3v) is 4.59. The second kappa shape index (κ2) is 6.86. The average molecular weight is 367 g/mol. The maximum absolute atomic E-state index is 12.5. The lowest BCUT2D eigenvalue weighted by Crippen LogP contribution is -2.20. The lowest BCUT2D eigenvalue weighted by Gasteiger charge is -2.11. The molecule has 8 nitrogen and oxygen atoms in total. The molecule has 1 saturated carbocycles. The number of hydrogen-bond donors (Lipinski definition) is 2. The summed E-state index contributed by atoms with van der Waals surface area (Å²) in [7, 11) is 0. The standard InChI is InChI=1S/C19H21N5O3/c1-4-15-21-18(27-24-15)13-6-5-10(2)14(9-13)20-19(25)22-16-11(3)23-26-17(16)12-7-8-12/h5-6,9,12H,4,7-8H2,1-3H3,(H2,20,22,25). The number of carbonyl (C=O) groups is 1. The molecule has 0 atom stereocenters. The van der Waals surface area contributed by atoms with Crippen LogP contribution in [0.5, 0.6) is 0 Å². The number of rotatable bonds is 5. The number of carbonyl (C=O) groups excluding carboxylic acids is 1. The Morgan fingerprint density at radius 3 is 2.70 bits per heavy atom. The Morgan fingerprint density at radius 1 is 1.19 bits per heavy atom. The van der Waals surface area contributed by atoms with Crippen molar-refractivity contribution in [3.05, 3.63) is 41.0 Å². The molecule has 0 bridgehead atoms. The third kappa shape index (κ3) is 3.55. The Hall–Kier alpha value is -3.16. The summed E-state index contributed by atoms with van der Waals surface area (Å²) in [5.74, 6) is 2.19. The van der Waals surface area contributed by atoms with E-state index in [0.717, 1.165) is 29.7 Å². The highest BCUT2D eigenvalue weighted by atomic mass is 16.5. The fourth-order valence-corrected chi connectivity index (χ4v) is 2.84. The molecule has 0 saturated heterocycles. The van der Waals surface area contributed by atoms with Crippen LogP contribution in [-0.2, 0) is 6.42 Å². The van der Waals surface area contributed by atoms with Crippen molar-refractivity contribution in [2.24, 2.45) is 0 Å². The molecule has 0 unspecified atom stereocenters. The van der Waals surface area contributed by atoms with E-state index in [9.17, 15) is 4.79 Å². The van der Waals surface area contributed by atoms with E-state index < -0.39 is 0 Å². The molecule has 2 N–H and O–H groups in total. The number of aryl methyl sites for hydroxylation is 3. The molecular formula is C19H21N5O3. The van der Waals surface area contributed by atoms with Crippen molar-refractivity contribution in [2.45, 2.75) is 46.0 Å². The van der Waals surface area contributed by atoms with E-state index in [4.69, 9.17) is 9.05 Å². The molecule has 0 radical (unpaired) electrons. The molecule has 140 valence electrons. The van der Waals surface area contributed by atoms with Crippen LogP contribution in [-0.4, -0.2) is 21.3 Å². The molecule has 1 fully saturated rings. The summed E-state index contributed by atoms with van der Waals surface area (Å²) in [5, 5.41) is 13.6. The quantitative estimate of drug-likeness (QED) is 0.691. The zero-order valence-electron chi connectivity index (χ0n) is 15.5. The van der Waals surface area contributed by atoms with Crippen molar-refractivity contribution in [1.82, 2.24) is 15.3 Å². The Labute approximate surface area is 156 Å². The van der Waals surface area contributed by atoms with E-state index in [-0.39, 0.29) is 6.03 Å². The Morgan fingerprint density at radius 2 is 2.00 bits per heavy atom. The Kier molecular flexibility index (Phi) is 4.39. The van der Waals surface area contributed by atoms with Gasteiger partial charge in [-0.3, -0.25) is 0 Å². The summed E-state index contributed by atoms with van der Waals surface area (Å²) >= 11 is 0. The fourth-order valence-electron chi connectivity index (χ4n) is 2.84. The first-order valence-corrected chi connectivity index (χ1v) is 9.03. The topological polar surface area (TPSA) is 106 Å². The largest absolute Gasteiger partial charge is 0.359 e. The van der Waals surface area contributed by atoms with Crippen molar-refractivity contribution in [3.63, 3.8) is 0 Å². The first-order valence-electron chi connectivity index (χ1n) is 9.03. The predicted octanol–water partition coefficient (Wildman–Crippen LogP) is 4.43. The van der Waals surface area contributed by atoms with Gasteiger partial charge < -0.3 is 19.7 Å². The van der Waals surface area contributed by atoms with Gasteiger partial charge in [-0.05, 0) is 44.4 Å². The number of urea groups is 1. The number of benzene rings is 1. The smallest absolute Gasteiger partial charge is 0.323 e. The number of nitrogens with one attached hydrogen (secondary N) is 2. The van der Waals surface area contributed by atoms with Gasteiger partial charge in [0.05, 0.1) is 0 Å². The van der Waals surface area contributed by atoms with Gasteiger partial charge in [-0.15, -0.1) is 0 Å². The highest BCUT2D eigenvalue weighted by Crippen LogP contribution is 2.44. The van der Waals surface area contributed by atoms with Gasteiger partial charge in [0, 0.05) is 23.6 Å². The van der Waals surface area contributed by atoms with Crippen LogP contribution in [0.25, 0.3) is 11.5 Å². The normalized spacial score (nSPS) is 13.6. The van der Waals surface area contributed by atoms with E-state index in [0.29, 0.717) is 41.1 Å². The Bertz CT molecular complexity index is 987. The minimum absolute atomic E-state index is 0.344. The second-order valence-electron chi connectivity index (χ2n) is 6.76. The molecule has 0 aliphatic heterocycles. The number of amides is 2. The summed E-state index contributed by atoms with van der Waals surface area (Å²) in [5.41, 5.74) is 3.68. The summed E-state index contributed by atoms with van der Waals surface area (Å²) in [6.07, 6.45) is 2.83. The maximum atomic E-state index is 12.5. The molecule has 4 rings (SSSR count). The highest BCUT2D eigenvalue weighted by molar-refractivity contribution is 6.01. The molecule has 2 aromatic heterocycles. The van der Waals surface area contributed by atoms with E-state index in [2.05, 4.69) is 25.9 Å². The monoisotopic (exact) mass is 367 g/mol. The highest BCUT2D eigenvalue weighted by Gasteiger charge is 2.32. The molecule has 2 amide bonds. The minimum Gasteiger partial charge on any atom is -0.359 e. The predicted molar refractivity (Wildman–Crippen MR) is 99.7 cm³/mol. The van der Waals surface area contributed by atoms with E-state index >= 15 is 0 Å². The summed E-state index contributed by atoms with van der Waals surface area (Å²) in [6, 6.07) is 5.27. The van der Waals surface area contributed by atoms with Gasteiger partial charge in [-0.25, -0.2) is 4.79 Å². The summed E-state index contributed by atoms with van der Waals surface area (Å²) in [4.78, 5) is 16.9. The zero-order chi connectivity index (χ0) is 19.0. The van der Waals surface area contributed by atoms with Crippen molar-refractivity contribution in [2.75, 3.05) is 10.6 Å². The van der Waals surface area contributed by atoms with Crippen molar-refractivity contribution in [3.8, 4) is 11.5 Å².